The lowest BCUT2D eigenvalue weighted by molar-refractivity contribution is -0.172. The molecule has 204 valence electrons. The van der Waals surface area contributed by atoms with Crippen molar-refractivity contribution in [3.63, 3.8) is 0 Å². The van der Waals surface area contributed by atoms with Crippen molar-refractivity contribution in [3.8, 4) is 11.4 Å². The summed E-state index contributed by atoms with van der Waals surface area (Å²) in [5.74, 6) is -1.07. The van der Waals surface area contributed by atoms with Crippen molar-refractivity contribution in [2.24, 2.45) is 5.41 Å². The van der Waals surface area contributed by atoms with Crippen molar-refractivity contribution in [2.45, 2.75) is 77.2 Å². The van der Waals surface area contributed by atoms with Crippen molar-refractivity contribution in [3.05, 3.63) is 61.7 Å². The quantitative estimate of drug-likeness (QED) is 0.338. The number of fused-ring (bicyclic) bond motifs is 5. The number of cyclic esters (lactones) is 1. The maximum absolute atomic E-state index is 15.1. The summed E-state index contributed by atoms with van der Waals surface area (Å²) in [6.45, 7) is 4.43. The summed E-state index contributed by atoms with van der Waals surface area (Å²) >= 11 is 0. The fraction of sp³-hybridized carbons (Fsp3) is 0.500. The Morgan fingerprint density at radius 2 is 2.03 bits per heavy atom. The maximum Gasteiger partial charge on any atom is 0.343 e. The number of nitrogens with zero attached hydrogens (tertiary/aromatic N) is 2. The molecule has 1 saturated carbocycles. The van der Waals surface area contributed by atoms with E-state index in [0.717, 1.165) is 47.8 Å². The molecular formula is C30H32FN3O5. The van der Waals surface area contributed by atoms with Gasteiger partial charge in [0.2, 0.25) is 0 Å². The number of nitrogens with one attached hydrogen (secondary N) is 1. The van der Waals surface area contributed by atoms with Crippen LogP contribution in [0.2, 0.25) is 0 Å². The predicted molar refractivity (Wildman–Crippen MR) is 142 cm³/mol. The summed E-state index contributed by atoms with van der Waals surface area (Å²) < 4.78 is 21.9. The number of pyridine rings is 2. The first kappa shape index (κ1) is 24.9. The average molecular weight is 534 g/mol. The van der Waals surface area contributed by atoms with Gasteiger partial charge in [0.15, 0.2) is 5.60 Å². The predicted octanol–water partition coefficient (Wildman–Crippen LogP) is 3.27. The van der Waals surface area contributed by atoms with Gasteiger partial charge in [-0.25, -0.2) is 14.2 Å². The molecule has 3 N–H and O–H groups in total. The van der Waals surface area contributed by atoms with Crippen LogP contribution in [0.3, 0.4) is 0 Å². The highest BCUT2D eigenvalue weighted by Crippen LogP contribution is 2.47. The Hall–Kier alpha value is -3.14. The Morgan fingerprint density at radius 3 is 2.72 bits per heavy atom. The van der Waals surface area contributed by atoms with Crippen molar-refractivity contribution in [2.75, 3.05) is 13.2 Å². The smallest absolute Gasteiger partial charge is 0.343 e. The molecule has 0 bridgehead atoms. The first-order chi connectivity index (χ1) is 18.7. The third kappa shape index (κ3) is 3.30. The lowest BCUT2D eigenvalue weighted by atomic mass is 9.69. The molecule has 2 aliphatic carbocycles. The van der Waals surface area contributed by atoms with E-state index in [2.05, 4.69) is 5.32 Å². The molecule has 0 saturated heterocycles. The van der Waals surface area contributed by atoms with Crippen LogP contribution in [0.15, 0.2) is 16.9 Å². The summed E-state index contributed by atoms with van der Waals surface area (Å²) in [5.41, 5.74) is 3.38. The molecule has 0 spiro atoms. The second kappa shape index (κ2) is 8.43. The fourth-order valence-corrected chi connectivity index (χ4v) is 7.17. The number of carbonyl (C=O) groups excluding carboxylic acids is 1. The summed E-state index contributed by atoms with van der Waals surface area (Å²) in [6, 6.07) is 3.13. The molecule has 2 atom stereocenters. The van der Waals surface area contributed by atoms with Crippen molar-refractivity contribution >= 4 is 16.9 Å². The normalized spacial score (nSPS) is 24.1. The fourth-order valence-electron chi connectivity index (χ4n) is 7.17. The van der Waals surface area contributed by atoms with Crippen LogP contribution in [-0.4, -0.2) is 38.9 Å². The molecule has 0 amide bonds. The molecule has 1 fully saturated rings. The first-order valence-corrected chi connectivity index (χ1v) is 13.9. The topological polar surface area (TPSA) is 114 Å². The Morgan fingerprint density at radius 1 is 1.23 bits per heavy atom. The Balaban J connectivity index is 1.44. The van der Waals surface area contributed by atoms with Crippen LogP contribution in [0.25, 0.3) is 22.3 Å². The molecule has 8 nitrogen and oxygen atoms in total. The number of esters is 1. The van der Waals surface area contributed by atoms with E-state index in [9.17, 15) is 19.8 Å². The summed E-state index contributed by atoms with van der Waals surface area (Å²) in [6.07, 6.45) is 4.63. The van der Waals surface area contributed by atoms with E-state index in [1.165, 1.54) is 6.07 Å². The second-order valence-corrected chi connectivity index (χ2v) is 11.8. The average Bonchev–Trinajstić information content (AvgIpc) is 3.28. The van der Waals surface area contributed by atoms with Crippen LogP contribution in [0.1, 0.15) is 78.5 Å². The van der Waals surface area contributed by atoms with E-state index in [0.29, 0.717) is 42.0 Å². The zero-order chi connectivity index (χ0) is 27.3. The van der Waals surface area contributed by atoms with E-state index in [1.807, 2.05) is 0 Å². The van der Waals surface area contributed by atoms with Crippen molar-refractivity contribution < 1.29 is 24.1 Å². The van der Waals surface area contributed by atoms with E-state index < -0.39 is 11.6 Å². The number of hydrogen-bond acceptors (Lipinski definition) is 7. The number of hydrogen-bond donors (Lipinski definition) is 3. The molecule has 9 heteroatoms. The monoisotopic (exact) mass is 533 g/mol. The molecular weight excluding hydrogens is 501 g/mol. The van der Waals surface area contributed by atoms with Gasteiger partial charge in [-0.05, 0) is 61.8 Å². The molecule has 1 aromatic carbocycles. The van der Waals surface area contributed by atoms with Gasteiger partial charge in [0.1, 0.15) is 12.4 Å². The lowest BCUT2D eigenvalue weighted by Gasteiger charge is -2.42. The van der Waals surface area contributed by atoms with Gasteiger partial charge in [-0.15, -0.1) is 0 Å². The minimum Gasteiger partial charge on any atom is -0.458 e. The minimum absolute atomic E-state index is 0.0391. The molecule has 4 aliphatic rings. The van der Waals surface area contributed by atoms with Gasteiger partial charge in [-0.1, -0.05) is 13.3 Å². The first-order valence-electron chi connectivity index (χ1n) is 13.9. The molecule has 0 unspecified atom stereocenters. The molecule has 4 heterocycles. The highest BCUT2D eigenvalue weighted by atomic mass is 19.1. The van der Waals surface area contributed by atoms with E-state index >= 15 is 4.39 Å². The van der Waals surface area contributed by atoms with Crippen LogP contribution < -0.4 is 10.9 Å². The third-order valence-corrected chi connectivity index (χ3v) is 9.85. The molecule has 2 aliphatic heterocycles. The van der Waals surface area contributed by atoms with E-state index in [4.69, 9.17) is 9.72 Å². The summed E-state index contributed by atoms with van der Waals surface area (Å²) in [4.78, 5) is 31.2. The second-order valence-electron chi connectivity index (χ2n) is 11.8. The number of rotatable bonds is 5. The Kier molecular flexibility index (Phi) is 5.37. The van der Waals surface area contributed by atoms with Gasteiger partial charge in [0.05, 0.1) is 29.0 Å². The number of aliphatic hydroxyl groups is 2. The third-order valence-electron chi connectivity index (χ3n) is 9.85. The number of aliphatic hydroxyl groups excluding tert-OH is 1. The standard InChI is InChI=1S/C30H32FN3O5/c1-3-30(38)19-9-23-26-17(11-34(23)27(36)18(19)12-39-28(30)37)25-21(32-13-29(14-35)7-4-8-29)6-5-16-15(2)20(31)10-22(33-26)24(16)25/h9-10,21,32,35,38H,3-8,11-14H2,1-2H3/t21-,30-/m0/s1. The Bertz CT molecular complexity index is 1640. The van der Waals surface area contributed by atoms with Crippen LogP contribution in [0.4, 0.5) is 4.39 Å². The molecule has 2 aromatic heterocycles. The number of aromatic nitrogens is 2. The summed E-state index contributed by atoms with van der Waals surface area (Å²) in [7, 11) is 0. The van der Waals surface area contributed by atoms with Crippen molar-refractivity contribution in [1.82, 2.24) is 14.9 Å². The van der Waals surface area contributed by atoms with Gasteiger partial charge in [0, 0.05) is 47.2 Å². The number of ether oxygens (including phenoxy) is 1. The Labute approximate surface area is 224 Å². The molecule has 3 aromatic rings. The van der Waals surface area contributed by atoms with Crippen LogP contribution in [0.5, 0.6) is 0 Å². The summed E-state index contributed by atoms with van der Waals surface area (Å²) in [5, 5.41) is 25.9. The number of halogens is 1. The van der Waals surface area contributed by atoms with E-state index in [1.54, 1.807) is 24.5 Å². The largest absolute Gasteiger partial charge is 0.458 e. The molecule has 7 rings (SSSR count). The van der Waals surface area contributed by atoms with Gasteiger partial charge < -0.3 is 24.8 Å². The van der Waals surface area contributed by atoms with Gasteiger partial charge in [-0.3, -0.25) is 4.79 Å². The van der Waals surface area contributed by atoms with E-state index in [-0.39, 0.29) is 53.6 Å². The van der Waals surface area contributed by atoms with Gasteiger partial charge in [-0.2, -0.15) is 0 Å². The maximum atomic E-state index is 15.1. The number of benzene rings is 1. The zero-order valence-corrected chi connectivity index (χ0v) is 22.2. The van der Waals surface area contributed by atoms with Gasteiger partial charge in [0.25, 0.3) is 5.56 Å². The lowest BCUT2D eigenvalue weighted by Crippen LogP contribution is -2.44. The molecule has 39 heavy (non-hydrogen) atoms. The highest BCUT2D eigenvalue weighted by molar-refractivity contribution is 5.93. The van der Waals surface area contributed by atoms with Crippen molar-refractivity contribution in [1.29, 1.82) is 0 Å². The number of carbonyl (C=O) groups is 1. The highest BCUT2D eigenvalue weighted by Gasteiger charge is 2.46. The number of aryl methyl sites for hydroxylation is 1. The van der Waals surface area contributed by atoms with Crippen LogP contribution in [0, 0.1) is 18.2 Å². The van der Waals surface area contributed by atoms with Crippen LogP contribution in [-0.2, 0) is 34.7 Å². The van der Waals surface area contributed by atoms with Crippen LogP contribution >= 0.6 is 0 Å². The molecule has 0 radical (unpaired) electrons. The minimum atomic E-state index is -1.90. The zero-order valence-electron chi connectivity index (χ0n) is 22.2. The van der Waals surface area contributed by atoms with Gasteiger partial charge >= 0.3 is 5.97 Å². The SMILES string of the molecule is CC[C@@]1(O)C(=O)OCc2c1cc1n(c2=O)Cc2c-1nc1cc(F)c(C)c3c1c2[C@@H](NCC1(CO)CCC1)CC3.